The molecule has 1 aromatic heterocycles. The van der Waals surface area contributed by atoms with E-state index in [0.29, 0.717) is 28.2 Å². The van der Waals surface area contributed by atoms with Crippen molar-refractivity contribution >= 4 is 33.0 Å². The first-order valence-electron chi connectivity index (χ1n) is 5.00. The molecule has 0 unspecified atom stereocenters. The van der Waals surface area contributed by atoms with Gasteiger partial charge in [0.25, 0.3) is 10.0 Å². The Labute approximate surface area is 104 Å². The molecule has 1 atom stereocenters. The van der Waals surface area contributed by atoms with E-state index in [9.17, 15) is 8.42 Å². The Balaban J connectivity index is 2.31. The van der Waals surface area contributed by atoms with E-state index in [2.05, 4.69) is 5.32 Å². The maximum atomic E-state index is 12.3. The first-order chi connectivity index (χ1) is 7.51. The minimum absolute atomic E-state index is 0.0142. The predicted molar refractivity (Wildman–Crippen MR) is 65.6 cm³/mol. The number of sulfonamides is 1. The van der Waals surface area contributed by atoms with Crippen molar-refractivity contribution < 1.29 is 8.42 Å². The van der Waals surface area contributed by atoms with Gasteiger partial charge >= 0.3 is 0 Å². The second-order valence-electron chi connectivity index (χ2n) is 3.73. The number of thiophene rings is 1. The second-order valence-corrected chi connectivity index (χ2v) is 7.56. The van der Waals surface area contributed by atoms with Gasteiger partial charge in [-0.3, -0.25) is 0 Å². The molecule has 4 nitrogen and oxygen atoms in total. The summed E-state index contributed by atoms with van der Waals surface area (Å²) in [4.78, 5) is 0. The first-order valence-corrected chi connectivity index (χ1v) is 7.63. The summed E-state index contributed by atoms with van der Waals surface area (Å²) in [7, 11) is -3.36. The van der Waals surface area contributed by atoms with E-state index in [1.165, 1.54) is 4.31 Å². The minimum atomic E-state index is -3.36. The Bertz CT molecular complexity index is 472. The highest BCUT2D eigenvalue weighted by molar-refractivity contribution is 7.91. The second kappa shape index (κ2) is 4.62. The van der Waals surface area contributed by atoms with Gasteiger partial charge < -0.3 is 5.32 Å². The van der Waals surface area contributed by atoms with Gasteiger partial charge in [0.15, 0.2) is 0 Å². The van der Waals surface area contributed by atoms with Crippen molar-refractivity contribution in [2.45, 2.75) is 17.2 Å². The van der Waals surface area contributed by atoms with Crippen LogP contribution in [0, 0.1) is 0 Å². The number of nitrogens with zero attached hydrogens (tertiary/aromatic N) is 1. The molecule has 2 rings (SSSR count). The summed E-state index contributed by atoms with van der Waals surface area (Å²) < 4.78 is 26.9. The van der Waals surface area contributed by atoms with E-state index in [-0.39, 0.29) is 6.04 Å². The topological polar surface area (TPSA) is 49.4 Å². The summed E-state index contributed by atoms with van der Waals surface area (Å²) in [6.07, 6.45) is 0. The van der Waals surface area contributed by atoms with E-state index >= 15 is 0 Å². The average Bonchev–Trinajstić information content (AvgIpc) is 2.66. The van der Waals surface area contributed by atoms with Crippen molar-refractivity contribution in [1.29, 1.82) is 0 Å². The van der Waals surface area contributed by atoms with Crippen LogP contribution in [0.15, 0.2) is 16.3 Å². The monoisotopic (exact) mass is 280 g/mol. The molecule has 0 aliphatic carbocycles. The van der Waals surface area contributed by atoms with E-state index in [0.717, 1.165) is 11.3 Å². The van der Waals surface area contributed by atoms with Gasteiger partial charge in [-0.15, -0.1) is 11.3 Å². The SMILES string of the molecule is C[C@H]1CNCCN1S(=O)(=O)c1ccc(Cl)s1. The van der Waals surface area contributed by atoms with Crippen molar-refractivity contribution in [3.8, 4) is 0 Å². The average molecular weight is 281 g/mol. The van der Waals surface area contributed by atoms with E-state index < -0.39 is 10.0 Å². The van der Waals surface area contributed by atoms with Gasteiger partial charge in [-0.2, -0.15) is 4.31 Å². The van der Waals surface area contributed by atoms with Crippen LogP contribution in [0.5, 0.6) is 0 Å². The van der Waals surface area contributed by atoms with Gasteiger partial charge in [-0.1, -0.05) is 11.6 Å². The fraction of sp³-hybridized carbons (Fsp3) is 0.556. The van der Waals surface area contributed by atoms with Crippen molar-refractivity contribution in [3.63, 3.8) is 0 Å². The zero-order chi connectivity index (χ0) is 11.8. The van der Waals surface area contributed by atoms with Crippen LogP contribution in [0.3, 0.4) is 0 Å². The molecule has 90 valence electrons. The molecular formula is C9H13ClN2O2S2. The third-order valence-corrected chi connectivity index (χ3v) is 6.26. The predicted octanol–water partition coefficient (Wildman–Crippen LogP) is 1.38. The number of hydrogen-bond acceptors (Lipinski definition) is 4. The molecule has 0 bridgehead atoms. The van der Waals surface area contributed by atoms with Crippen LogP contribution in [-0.4, -0.2) is 38.4 Å². The van der Waals surface area contributed by atoms with Crippen molar-refractivity contribution in [2.75, 3.05) is 19.6 Å². The molecule has 1 fully saturated rings. The number of piperazine rings is 1. The van der Waals surface area contributed by atoms with Crippen LogP contribution in [0.1, 0.15) is 6.92 Å². The van der Waals surface area contributed by atoms with Gasteiger partial charge in [0.1, 0.15) is 4.21 Å². The van der Waals surface area contributed by atoms with Gasteiger partial charge in [-0.05, 0) is 19.1 Å². The summed E-state index contributed by atoms with van der Waals surface area (Å²) in [6, 6.07) is 3.17. The quantitative estimate of drug-likeness (QED) is 0.891. The van der Waals surface area contributed by atoms with Crippen LogP contribution < -0.4 is 5.32 Å². The van der Waals surface area contributed by atoms with E-state index in [1.54, 1.807) is 12.1 Å². The maximum Gasteiger partial charge on any atom is 0.252 e. The van der Waals surface area contributed by atoms with Gasteiger partial charge in [0.05, 0.1) is 4.34 Å². The van der Waals surface area contributed by atoms with Crippen molar-refractivity contribution in [1.82, 2.24) is 9.62 Å². The Kier molecular flexibility index (Phi) is 3.56. The molecule has 2 heterocycles. The van der Waals surface area contributed by atoms with Crippen molar-refractivity contribution in [2.24, 2.45) is 0 Å². The lowest BCUT2D eigenvalue weighted by Gasteiger charge is -2.32. The third kappa shape index (κ3) is 2.26. The summed E-state index contributed by atoms with van der Waals surface area (Å²) in [5.74, 6) is 0. The van der Waals surface area contributed by atoms with Gasteiger partial charge in [-0.25, -0.2) is 8.42 Å². The smallest absolute Gasteiger partial charge is 0.252 e. The van der Waals surface area contributed by atoms with Crippen LogP contribution in [-0.2, 0) is 10.0 Å². The molecule has 0 saturated carbocycles. The van der Waals surface area contributed by atoms with Gasteiger partial charge in [0, 0.05) is 25.7 Å². The first kappa shape index (κ1) is 12.3. The highest BCUT2D eigenvalue weighted by atomic mass is 35.5. The number of halogens is 1. The third-order valence-electron chi connectivity index (χ3n) is 2.55. The molecule has 0 spiro atoms. The minimum Gasteiger partial charge on any atom is -0.314 e. The Morgan fingerprint density at radius 2 is 2.31 bits per heavy atom. The molecule has 1 saturated heterocycles. The summed E-state index contributed by atoms with van der Waals surface area (Å²) in [6.45, 7) is 3.80. The van der Waals surface area contributed by atoms with Crippen LogP contribution >= 0.6 is 22.9 Å². The summed E-state index contributed by atoms with van der Waals surface area (Å²) in [5.41, 5.74) is 0. The molecule has 1 aliphatic rings. The van der Waals surface area contributed by atoms with E-state index in [4.69, 9.17) is 11.6 Å². The number of rotatable bonds is 2. The molecule has 16 heavy (non-hydrogen) atoms. The fourth-order valence-corrected chi connectivity index (χ4v) is 4.97. The summed E-state index contributed by atoms with van der Waals surface area (Å²) >= 11 is 6.87. The molecule has 1 aliphatic heterocycles. The molecular weight excluding hydrogens is 268 g/mol. The Morgan fingerprint density at radius 1 is 1.56 bits per heavy atom. The number of hydrogen-bond donors (Lipinski definition) is 1. The molecule has 0 aromatic carbocycles. The molecule has 1 aromatic rings. The van der Waals surface area contributed by atoms with Crippen LogP contribution in [0.2, 0.25) is 4.34 Å². The fourth-order valence-electron chi connectivity index (χ4n) is 1.73. The lowest BCUT2D eigenvalue weighted by atomic mass is 10.3. The largest absolute Gasteiger partial charge is 0.314 e. The molecule has 0 amide bonds. The maximum absolute atomic E-state index is 12.3. The van der Waals surface area contributed by atoms with Crippen molar-refractivity contribution in [3.05, 3.63) is 16.5 Å². The Hall–Kier alpha value is -0.140. The molecule has 7 heteroatoms. The zero-order valence-corrected chi connectivity index (χ0v) is 11.2. The number of nitrogens with one attached hydrogen (secondary N) is 1. The zero-order valence-electron chi connectivity index (χ0n) is 8.81. The Morgan fingerprint density at radius 3 is 2.88 bits per heavy atom. The lowest BCUT2D eigenvalue weighted by Crippen LogP contribution is -2.51. The highest BCUT2D eigenvalue weighted by Gasteiger charge is 2.31. The van der Waals surface area contributed by atoms with Gasteiger partial charge in [0.2, 0.25) is 0 Å². The van der Waals surface area contributed by atoms with Crippen LogP contribution in [0.25, 0.3) is 0 Å². The standard InChI is InChI=1S/C9H13ClN2O2S2/c1-7-6-11-4-5-12(7)16(13,14)9-3-2-8(10)15-9/h2-3,7,11H,4-6H2,1H3/t7-/m0/s1. The molecule has 1 N–H and O–H groups in total. The summed E-state index contributed by atoms with van der Waals surface area (Å²) in [5, 5.41) is 3.16. The molecule has 0 radical (unpaired) electrons. The van der Waals surface area contributed by atoms with Crippen LogP contribution in [0.4, 0.5) is 0 Å². The lowest BCUT2D eigenvalue weighted by molar-refractivity contribution is 0.284. The van der Waals surface area contributed by atoms with E-state index in [1.807, 2.05) is 6.92 Å². The highest BCUT2D eigenvalue weighted by Crippen LogP contribution is 2.29. The normalized spacial score (nSPS) is 23.5.